The second-order valence-electron chi connectivity index (χ2n) is 5.25. The molecule has 0 aliphatic rings. The molecule has 3 nitrogen and oxygen atoms in total. The Morgan fingerprint density at radius 1 is 1.00 bits per heavy atom. The minimum Gasteiger partial charge on any atom is -0.332 e. The molecule has 0 heterocycles. The molecule has 10 heteroatoms. The number of benzene rings is 1. The van der Waals surface area contributed by atoms with Crippen LogP contribution < -0.4 is 10.6 Å². The quantitative estimate of drug-likeness (QED) is 0.419. The van der Waals surface area contributed by atoms with Gasteiger partial charge in [-0.25, -0.2) is 0 Å². The number of alkyl halides is 6. The van der Waals surface area contributed by atoms with Crippen molar-refractivity contribution in [3.8, 4) is 0 Å². The fourth-order valence-electron chi connectivity index (χ4n) is 1.91. The lowest BCUT2D eigenvalue weighted by molar-refractivity contribution is -0.143. The van der Waals surface area contributed by atoms with Crippen molar-refractivity contribution in [2.45, 2.75) is 45.0 Å². The van der Waals surface area contributed by atoms with Crippen LogP contribution in [0.25, 0.3) is 0 Å². The van der Waals surface area contributed by atoms with Gasteiger partial charge in [0.2, 0.25) is 5.91 Å². The number of hydrogen-bond acceptors (Lipinski definition) is 2. The third-order valence-corrected chi connectivity index (χ3v) is 3.31. The number of hydrogen-bond donors (Lipinski definition) is 2. The van der Waals surface area contributed by atoms with E-state index in [1.807, 2.05) is 6.92 Å². The second-order valence-corrected chi connectivity index (χ2v) is 5.66. The van der Waals surface area contributed by atoms with Crippen LogP contribution in [-0.2, 0) is 17.1 Å². The predicted octanol–water partition coefficient (Wildman–Crippen LogP) is 5.12. The first-order valence-electron chi connectivity index (χ1n) is 7.33. The van der Waals surface area contributed by atoms with Gasteiger partial charge in [-0.1, -0.05) is 19.8 Å². The van der Waals surface area contributed by atoms with Gasteiger partial charge in [-0.05, 0) is 36.8 Å². The molecule has 140 valence electrons. The lowest BCUT2D eigenvalue weighted by atomic mass is 10.1. The molecule has 1 amide bonds. The topological polar surface area (TPSA) is 41.1 Å². The third kappa shape index (κ3) is 7.29. The van der Waals surface area contributed by atoms with Crippen molar-refractivity contribution in [2.75, 3.05) is 5.32 Å². The molecule has 0 aromatic heterocycles. The summed E-state index contributed by atoms with van der Waals surface area (Å²) in [4.78, 5) is 11.6. The van der Waals surface area contributed by atoms with Crippen molar-refractivity contribution in [2.24, 2.45) is 0 Å². The van der Waals surface area contributed by atoms with Crippen molar-refractivity contribution in [1.82, 2.24) is 5.32 Å². The standard InChI is InChI=1S/C15H16F6N2OS/c1-2-3-4-5-12(24)23-13(25)22-11-7-9(14(16,17)18)6-10(8-11)15(19,20)21/h6-8H,2-5H2,1H3,(H2,22,23,24,25). The Morgan fingerprint density at radius 2 is 1.52 bits per heavy atom. The number of thiocarbonyl (C=S) groups is 1. The molecule has 0 saturated carbocycles. The predicted molar refractivity (Wildman–Crippen MR) is 85.0 cm³/mol. The normalized spacial score (nSPS) is 12.0. The summed E-state index contributed by atoms with van der Waals surface area (Å²) in [6.45, 7) is 1.94. The van der Waals surface area contributed by atoms with Crippen LogP contribution in [0.15, 0.2) is 18.2 Å². The summed E-state index contributed by atoms with van der Waals surface area (Å²) in [5, 5.41) is 4.04. The second kappa shape index (κ2) is 8.50. The SMILES string of the molecule is CCCCCC(=O)NC(=S)Nc1cc(C(F)(F)F)cc(C(F)(F)F)c1. The van der Waals surface area contributed by atoms with E-state index >= 15 is 0 Å². The lowest BCUT2D eigenvalue weighted by Gasteiger charge is -2.16. The molecule has 1 aromatic carbocycles. The van der Waals surface area contributed by atoms with Gasteiger partial charge in [0.15, 0.2) is 5.11 Å². The third-order valence-electron chi connectivity index (χ3n) is 3.11. The van der Waals surface area contributed by atoms with Crippen LogP contribution in [0.3, 0.4) is 0 Å². The zero-order valence-corrected chi connectivity index (χ0v) is 14.0. The Hall–Kier alpha value is -1.84. The van der Waals surface area contributed by atoms with E-state index in [1.165, 1.54) is 0 Å². The summed E-state index contributed by atoms with van der Waals surface area (Å²) in [6, 6.07) is 0.993. The number of unbranched alkanes of at least 4 members (excludes halogenated alkanes) is 2. The first-order chi connectivity index (χ1) is 11.4. The summed E-state index contributed by atoms with van der Waals surface area (Å²) in [5.74, 6) is -0.464. The molecule has 1 aromatic rings. The summed E-state index contributed by atoms with van der Waals surface area (Å²) < 4.78 is 76.6. The van der Waals surface area contributed by atoms with Gasteiger partial charge in [0.05, 0.1) is 11.1 Å². The van der Waals surface area contributed by atoms with E-state index in [2.05, 4.69) is 10.6 Å². The van der Waals surface area contributed by atoms with Crippen LogP contribution >= 0.6 is 12.2 Å². The average Bonchev–Trinajstić information content (AvgIpc) is 2.45. The Balaban J connectivity index is 2.90. The maximum Gasteiger partial charge on any atom is 0.416 e. The van der Waals surface area contributed by atoms with Gasteiger partial charge in [0.1, 0.15) is 0 Å². The highest BCUT2D eigenvalue weighted by Crippen LogP contribution is 2.37. The maximum atomic E-state index is 12.8. The van der Waals surface area contributed by atoms with E-state index in [4.69, 9.17) is 12.2 Å². The molecule has 0 saturated heterocycles. The van der Waals surface area contributed by atoms with Crippen molar-refractivity contribution in [3.05, 3.63) is 29.3 Å². The van der Waals surface area contributed by atoms with E-state index in [1.54, 1.807) is 0 Å². The van der Waals surface area contributed by atoms with E-state index in [0.29, 0.717) is 18.6 Å². The van der Waals surface area contributed by atoms with Crippen molar-refractivity contribution in [1.29, 1.82) is 0 Å². The summed E-state index contributed by atoms with van der Waals surface area (Å²) >= 11 is 4.76. The smallest absolute Gasteiger partial charge is 0.332 e. The maximum absolute atomic E-state index is 12.8. The van der Waals surface area contributed by atoms with Gasteiger partial charge < -0.3 is 10.6 Å². The Kier molecular flexibility index (Phi) is 7.21. The largest absolute Gasteiger partial charge is 0.416 e. The highest BCUT2D eigenvalue weighted by Gasteiger charge is 2.37. The minimum absolute atomic E-state index is 0.0115. The first kappa shape index (κ1) is 21.2. The molecule has 0 aliphatic heterocycles. The van der Waals surface area contributed by atoms with Gasteiger partial charge in [0.25, 0.3) is 0 Å². The Morgan fingerprint density at radius 3 is 1.96 bits per heavy atom. The Bertz CT molecular complexity index is 595. The van der Waals surface area contributed by atoms with Gasteiger partial charge in [-0.15, -0.1) is 0 Å². The molecule has 0 atom stereocenters. The van der Waals surface area contributed by atoms with Crippen molar-refractivity contribution in [3.63, 3.8) is 0 Å². The molecule has 2 N–H and O–H groups in total. The van der Waals surface area contributed by atoms with Gasteiger partial charge in [0, 0.05) is 12.1 Å². The number of halogens is 6. The van der Waals surface area contributed by atoms with E-state index in [-0.39, 0.29) is 17.6 Å². The van der Waals surface area contributed by atoms with Crippen LogP contribution in [0.1, 0.15) is 43.7 Å². The molecule has 1 rings (SSSR count). The lowest BCUT2D eigenvalue weighted by Crippen LogP contribution is -2.34. The molecule has 0 fully saturated rings. The van der Waals surface area contributed by atoms with E-state index in [0.717, 1.165) is 12.8 Å². The molecule has 0 radical (unpaired) electrons. The van der Waals surface area contributed by atoms with Crippen LogP contribution in [0, 0.1) is 0 Å². The molecule has 25 heavy (non-hydrogen) atoms. The minimum atomic E-state index is -4.96. The number of carbonyl (C=O) groups is 1. The number of amides is 1. The fraction of sp³-hybridized carbons (Fsp3) is 0.467. The highest BCUT2D eigenvalue weighted by atomic mass is 32.1. The average molecular weight is 386 g/mol. The number of nitrogens with one attached hydrogen (secondary N) is 2. The highest BCUT2D eigenvalue weighted by molar-refractivity contribution is 7.80. The zero-order valence-electron chi connectivity index (χ0n) is 13.1. The summed E-state index contributed by atoms with van der Waals surface area (Å²) in [7, 11) is 0. The van der Waals surface area contributed by atoms with Crippen LogP contribution in [0.2, 0.25) is 0 Å². The van der Waals surface area contributed by atoms with Gasteiger partial charge in [-0.3, -0.25) is 4.79 Å². The van der Waals surface area contributed by atoms with Crippen LogP contribution in [0.5, 0.6) is 0 Å². The van der Waals surface area contributed by atoms with Crippen molar-refractivity contribution >= 4 is 28.9 Å². The Labute approximate surface area is 145 Å². The number of rotatable bonds is 5. The van der Waals surface area contributed by atoms with E-state index in [9.17, 15) is 31.1 Å². The van der Waals surface area contributed by atoms with Gasteiger partial charge in [-0.2, -0.15) is 26.3 Å². The molecule has 0 bridgehead atoms. The first-order valence-corrected chi connectivity index (χ1v) is 7.74. The number of carbonyl (C=O) groups excluding carboxylic acids is 1. The number of anilines is 1. The van der Waals surface area contributed by atoms with E-state index < -0.39 is 35.1 Å². The molecule has 0 unspecified atom stereocenters. The summed E-state index contributed by atoms with van der Waals surface area (Å²) in [6.07, 6.45) is -7.44. The molecular weight excluding hydrogens is 370 g/mol. The van der Waals surface area contributed by atoms with Gasteiger partial charge >= 0.3 is 12.4 Å². The van der Waals surface area contributed by atoms with Crippen LogP contribution in [-0.4, -0.2) is 11.0 Å². The van der Waals surface area contributed by atoms with Crippen LogP contribution in [0.4, 0.5) is 32.0 Å². The molecule has 0 aliphatic carbocycles. The monoisotopic (exact) mass is 386 g/mol. The van der Waals surface area contributed by atoms with Crippen molar-refractivity contribution < 1.29 is 31.1 Å². The fourth-order valence-corrected chi connectivity index (χ4v) is 2.15. The molecule has 0 spiro atoms. The zero-order chi connectivity index (χ0) is 19.3. The molecular formula is C15H16F6N2OS. The summed E-state index contributed by atoms with van der Waals surface area (Å²) in [5.41, 5.74) is -3.45.